The molecule has 0 saturated heterocycles. The average Bonchev–Trinajstić information content (AvgIpc) is 3.01. The first-order valence-electron chi connectivity index (χ1n) is 6.72. The van der Waals surface area contributed by atoms with Crippen molar-refractivity contribution in [3.63, 3.8) is 0 Å². The standard InChI is InChI=1S/C14H18N4OS/c1-9-10(2)20-14(17-9)16-8-11(7-15)13(19)18-12-5-3-4-6-12/h8,12H,3-6H2,1-2H3,(H,16,17)(H,18,19)/b11-8-. The van der Waals surface area contributed by atoms with Crippen molar-refractivity contribution < 1.29 is 4.79 Å². The van der Waals surface area contributed by atoms with Crippen LogP contribution in [0.15, 0.2) is 11.8 Å². The summed E-state index contributed by atoms with van der Waals surface area (Å²) in [7, 11) is 0. The zero-order valence-corrected chi connectivity index (χ0v) is 12.5. The number of aromatic nitrogens is 1. The molecule has 0 aromatic carbocycles. The van der Waals surface area contributed by atoms with E-state index in [1.807, 2.05) is 19.9 Å². The molecule has 1 fully saturated rings. The molecule has 0 atom stereocenters. The van der Waals surface area contributed by atoms with Gasteiger partial charge in [0.25, 0.3) is 5.91 Å². The van der Waals surface area contributed by atoms with Crippen molar-refractivity contribution in [2.45, 2.75) is 45.6 Å². The van der Waals surface area contributed by atoms with E-state index in [2.05, 4.69) is 15.6 Å². The molecule has 1 saturated carbocycles. The van der Waals surface area contributed by atoms with Gasteiger partial charge in [-0.05, 0) is 26.7 Å². The predicted molar refractivity (Wildman–Crippen MR) is 79.3 cm³/mol. The van der Waals surface area contributed by atoms with Crippen LogP contribution in [-0.2, 0) is 4.79 Å². The molecule has 5 nitrogen and oxygen atoms in total. The summed E-state index contributed by atoms with van der Waals surface area (Å²) in [6.45, 7) is 3.92. The quantitative estimate of drug-likeness (QED) is 0.660. The number of anilines is 1. The fourth-order valence-corrected chi connectivity index (χ4v) is 2.93. The molecule has 6 heteroatoms. The molecule has 1 aromatic heterocycles. The van der Waals surface area contributed by atoms with E-state index < -0.39 is 0 Å². The van der Waals surface area contributed by atoms with Crippen LogP contribution in [0.3, 0.4) is 0 Å². The topological polar surface area (TPSA) is 77.8 Å². The van der Waals surface area contributed by atoms with E-state index in [1.54, 1.807) is 0 Å². The number of nitriles is 1. The van der Waals surface area contributed by atoms with E-state index in [4.69, 9.17) is 5.26 Å². The summed E-state index contributed by atoms with van der Waals surface area (Å²) in [6, 6.07) is 2.14. The van der Waals surface area contributed by atoms with Crippen LogP contribution < -0.4 is 10.6 Å². The minimum Gasteiger partial charge on any atom is -0.349 e. The first-order valence-corrected chi connectivity index (χ1v) is 7.53. The summed E-state index contributed by atoms with van der Waals surface area (Å²) >= 11 is 1.50. The Morgan fingerprint density at radius 3 is 2.70 bits per heavy atom. The molecule has 1 aliphatic rings. The molecule has 2 rings (SSSR count). The third-order valence-corrected chi connectivity index (χ3v) is 4.43. The van der Waals surface area contributed by atoms with Crippen LogP contribution in [0, 0.1) is 25.2 Å². The van der Waals surface area contributed by atoms with Gasteiger partial charge in [0.05, 0.1) is 5.69 Å². The van der Waals surface area contributed by atoms with Gasteiger partial charge in [-0.25, -0.2) is 4.98 Å². The number of hydrogen-bond donors (Lipinski definition) is 2. The Morgan fingerprint density at radius 1 is 1.45 bits per heavy atom. The molecule has 0 spiro atoms. The molecule has 1 aromatic rings. The summed E-state index contributed by atoms with van der Waals surface area (Å²) in [4.78, 5) is 17.4. The maximum atomic E-state index is 12.0. The van der Waals surface area contributed by atoms with E-state index in [-0.39, 0.29) is 17.5 Å². The maximum absolute atomic E-state index is 12.0. The third kappa shape index (κ3) is 3.58. The molecule has 0 radical (unpaired) electrons. The molecule has 2 N–H and O–H groups in total. The van der Waals surface area contributed by atoms with E-state index in [1.165, 1.54) is 17.5 Å². The normalized spacial score (nSPS) is 15.9. The van der Waals surface area contributed by atoms with Crippen molar-refractivity contribution in [1.82, 2.24) is 10.3 Å². The molecule has 0 unspecified atom stereocenters. The van der Waals surface area contributed by atoms with Gasteiger partial charge in [0.1, 0.15) is 11.6 Å². The Hall–Kier alpha value is -1.87. The number of carbonyl (C=O) groups is 1. The summed E-state index contributed by atoms with van der Waals surface area (Å²) in [5, 5.41) is 15.6. The van der Waals surface area contributed by atoms with Crippen LogP contribution in [0.5, 0.6) is 0 Å². The monoisotopic (exact) mass is 290 g/mol. The van der Waals surface area contributed by atoms with Crippen molar-refractivity contribution >= 4 is 22.4 Å². The van der Waals surface area contributed by atoms with Gasteiger partial charge in [-0.2, -0.15) is 5.26 Å². The lowest BCUT2D eigenvalue weighted by Gasteiger charge is -2.10. The molecule has 106 valence electrons. The molecule has 1 aliphatic carbocycles. The van der Waals surface area contributed by atoms with Gasteiger partial charge in [0, 0.05) is 17.1 Å². The highest BCUT2D eigenvalue weighted by Gasteiger charge is 2.19. The van der Waals surface area contributed by atoms with Crippen LogP contribution in [0.4, 0.5) is 5.13 Å². The highest BCUT2D eigenvalue weighted by atomic mass is 32.1. The summed E-state index contributed by atoms with van der Waals surface area (Å²) in [5.41, 5.74) is 1.04. The van der Waals surface area contributed by atoms with Crippen LogP contribution in [0.2, 0.25) is 0 Å². The predicted octanol–water partition coefficient (Wildman–Crippen LogP) is 2.64. The third-order valence-electron chi connectivity index (χ3n) is 3.42. The number of aryl methyl sites for hydroxylation is 2. The van der Waals surface area contributed by atoms with Crippen molar-refractivity contribution in [2.75, 3.05) is 5.32 Å². The van der Waals surface area contributed by atoms with Crippen LogP contribution in [0.25, 0.3) is 0 Å². The average molecular weight is 290 g/mol. The number of hydrogen-bond acceptors (Lipinski definition) is 5. The lowest BCUT2D eigenvalue weighted by atomic mass is 10.2. The lowest BCUT2D eigenvalue weighted by Crippen LogP contribution is -2.33. The largest absolute Gasteiger partial charge is 0.349 e. The van der Waals surface area contributed by atoms with E-state index in [0.717, 1.165) is 36.3 Å². The van der Waals surface area contributed by atoms with Gasteiger partial charge in [-0.3, -0.25) is 4.79 Å². The molecule has 1 heterocycles. The second-order valence-electron chi connectivity index (χ2n) is 4.93. The Labute approximate surface area is 122 Å². The number of nitrogens with zero attached hydrogens (tertiary/aromatic N) is 2. The Bertz CT molecular complexity index is 545. The van der Waals surface area contributed by atoms with Gasteiger partial charge in [0.2, 0.25) is 0 Å². The number of rotatable bonds is 4. The zero-order valence-electron chi connectivity index (χ0n) is 11.7. The lowest BCUT2D eigenvalue weighted by molar-refractivity contribution is -0.117. The van der Waals surface area contributed by atoms with Gasteiger partial charge in [0.15, 0.2) is 5.13 Å². The molecular weight excluding hydrogens is 272 g/mol. The van der Waals surface area contributed by atoms with Gasteiger partial charge in [-0.15, -0.1) is 11.3 Å². The molecule has 0 bridgehead atoms. The first-order chi connectivity index (χ1) is 9.60. The number of amides is 1. The van der Waals surface area contributed by atoms with Crippen molar-refractivity contribution in [3.8, 4) is 6.07 Å². The number of carbonyl (C=O) groups excluding carboxylic acids is 1. The maximum Gasteiger partial charge on any atom is 0.263 e. The highest BCUT2D eigenvalue weighted by molar-refractivity contribution is 7.15. The summed E-state index contributed by atoms with van der Waals surface area (Å²) < 4.78 is 0. The van der Waals surface area contributed by atoms with Crippen molar-refractivity contribution in [3.05, 3.63) is 22.3 Å². The fourth-order valence-electron chi connectivity index (χ4n) is 2.15. The molecular formula is C14H18N4OS. The number of nitrogens with one attached hydrogen (secondary N) is 2. The van der Waals surface area contributed by atoms with Gasteiger partial charge in [-0.1, -0.05) is 12.8 Å². The summed E-state index contributed by atoms with van der Waals surface area (Å²) in [6.07, 6.45) is 5.73. The van der Waals surface area contributed by atoms with E-state index in [0.29, 0.717) is 5.13 Å². The summed E-state index contributed by atoms with van der Waals surface area (Å²) in [5.74, 6) is -0.308. The first kappa shape index (κ1) is 14.5. The van der Waals surface area contributed by atoms with E-state index >= 15 is 0 Å². The van der Waals surface area contributed by atoms with E-state index in [9.17, 15) is 4.79 Å². The SMILES string of the molecule is Cc1nc(N/C=C(/C#N)C(=O)NC2CCCC2)sc1C. The molecule has 0 aliphatic heterocycles. The minimum atomic E-state index is -0.308. The Kier molecular flexibility index (Phi) is 4.74. The molecule has 20 heavy (non-hydrogen) atoms. The molecule has 1 amide bonds. The van der Waals surface area contributed by atoms with Gasteiger partial charge >= 0.3 is 0 Å². The van der Waals surface area contributed by atoms with Gasteiger partial charge < -0.3 is 10.6 Å². The Balaban J connectivity index is 1.97. The fraction of sp³-hybridized carbons (Fsp3) is 0.500. The second kappa shape index (κ2) is 6.53. The van der Waals surface area contributed by atoms with Crippen molar-refractivity contribution in [2.24, 2.45) is 0 Å². The second-order valence-corrected chi connectivity index (χ2v) is 6.13. The zero-order chi connectivity index (χ0) is 14.5. The Morgan fingerprint density at radius 2 is 2.15 bits per heavy atom. The van der Waals surface area contributed by atoms with Crippen LogP contribution in [-0.4, -0.2) is 16.9 Å². The number of thiazole rings is 1. The van der Waals surface area contributed by atoms with Crippen LogP contribution >= 0.6 is 11.3 Å². The van der Waals surface area contributed by atoms with Crippen molar-refractivity contribution in [1.29, 1.82) is 5.26 Å². The van der Waals surface area contributed by atoms with Crippen LogP contribution in [0.1, 0.15) is 36.3 Å². The smallest absolute Gasteiger partial charge is 0.263 e. The minimum absolute atomic E-state index is 0.0856. The highest BCUT2D eigenvalue weighted by Crippen LogP contribution is 2.21.